The van der Waals surface area contributed by atoms with Crippen LogP contribution in [0.2, 0.25) is 0 Å². The molecule has 2 heterocycles. The molecule has 0 bridgehead atoms. The Labute approximate surface area is 116 Å². The largest absolute Gasteiger partial charge is 0.233 e. The summed E-state index contributed by atoms with van der Waals surface area (Å²) in [7, 11) is 0. The molecule has 2 rings (SSSR count). The van der Waals surface area contributed by atoms with Crippen LogP contribution in [0.15, 0.2) is 0 Å². The molecule has 94 valence electrons. The average molecular weight is 297 g/mol. The summed E-state index contributed by atoms with van der Waals surface area (Å²) in [6.07, 6.45) is 0. The molecule has 6 heteroatoms. The molecule has 0 spiro atoms. The quantitative estimate of drug-likeness (QED) is 0.776. The van der Waals surface area contributed by atoms with E-state index in [2.05, 4.69) is 38.5 Å². The minimum absolute atomic E-state index is 0.511. The smallest absolute Gasteiger partial charge is 0.113 e. The first-order chi connectivity index (χ1) is 7.56. The van der Waals surface area contributed by atoms with Gasteiger partial charge in [0.1, 0.15) is 9.41 Å². The van der Waals surface area contributed by atoms with Gasteiger partial charge in [-0.05, 0) is 0 Å². The third-order valence-electron chi connectivity index (χ3n) is 2.99. The van der Waals surface area contributed by atoms with Crippen molar-refractivity contribution in [1.29, 1.82) is 0 Å². The van der Waals surface area contributed by atoms with Crippen LogP contribution >= 0.6 is 47.0 Å². The predicted molar refractivity (Wildman–Crippen MR) is 82.1 cm³/mol. The van der Waals surface area contributed by atoms with Crippen molar-refractivity contribution in [2.75, 3.05) is 0 Å². The second kappa shape index (κ2) is 5.97. The molecule has 2 fully saturated rings. The van der Waals surface area contributed by atoms with Crippen LogP contribution < -0.4 is 10.9 Å². The summed E-state index contributed by atoms with van der Waals surface area (Å²) in [6, 6.07) is 0. The first kappa shape index (κ1) is 13.7. The van der Waals surface area contributed by atoms with Crippen LogP contribution in [0.4, 0.5) is 0 Å². The van der Waals surface area contributed by atoms with E-state index in [0.29, 0.717) is 9.41 Å². The molecule has 2 nitrogen and oxygen atoms in total. The molecule has 0 aromatic heterocycles. The van der Waals surface area contributed by atoms with Gasteiger partial charge >= 0.3 is 0 Å². The number of rotatable bonds is 3. The van der Waals surface area contributed by atoms with Crippen molar-refractivity contribution in [3.8, 4) is 0 Å². The number of hydrazine groups is 1. The van der Waals surface area contributed by atoms with Gasteiger partial charge < -0.3 is 0 Å². The van der Waals surface area contributed by atoms with E-state index in [0.717, 1.165) is 21.0 Å². The Hall–Kier alpha value is 1.32. The molecule has 0 radical (unpaired) electrons. The van der Waals surface area contributed by atoms with Gasteiger partial charge in [0.05, 0.1) is 0 Å². The molecule has 16 heavy (non-hydrogen) atoms. The van der Waals surface area contributed by atoms with Crippen molar-refractivity contribution in [3.63, 3.8) is 0 Å². The fourth-order valence-corrected chi connectivity index (χ4v) is 7.93. The van der Waals surface area contributed by atoms with Gasteiger partial charge in [-0.15, -0.1) is 47.0 Å². The van der Waals surface area contributed by atoms with Crippen LogP contribution in [-0.4, -0.2) is 30.4 Å². The summed E-state index contributed by atoms with van der Waals surface area (Å²) in [5, 5.41) is 3.02. The highest BCUT2D eigenvalue weighted by atomic mass is 32.2. The summed E-state index contributed by atoms with van der Waals surface area (Å²) in [5.41, 5.74) is 6.92. The van der Waals surface area contributed by atoms with Crippen LogP contribution in [0.3, 0.4) is 0 Å². The standard InChI is InChI=1S/C10H20N2S4/c1-5-6(2)14-9(13-5)11-12-10-15-7(3)8(4)16-10/h5-12H,1-4H3. The zero-order valence-corrected chi connectivity index (χ0v) is 13.4. The van der Waals surface area contributed by atoms with Gasteiger partial charge in [-0.2, -0.15) is 0 Å². The Kier molecular flexibility index (Phi) is 5.13. The highest BCUT2D eigenvalue weighted by molar-refractivity contribution is 8.21. The zero-order chi connectivity index (χ0) is 11.7. The maximum absolute atomic E-state index is 3.46. The van der Waals surface area contributed by atoms with Crippen LogP contribution in [0.25, 0.3) is 0 Å². The van der Waals surface area contributed by atoms with E-state index in [1.54, 1.807) is 0 Å². The molecular weight excluding hydrogens is 276 g/mol. The lowest BCUT2D eigenvalue weighted by Crippen LogP contribution is -2.40. The van der Waals surface area contributed by atoms with Gasteiger partial charge in [0.2, 0.25) is 0 Å². The van der Waals surface area contributed by atoms with E-state index >= 15 is 0 Å². The minimum Gasteiger partial charge on any atom is -0.233 e. The normalized spacial score (nSPS) is 48.8. The van der Waals surface area contributed by atoms with Gasteiger partial charge in [0.25, 0.3) is 0 Å². The highest BCUT2D eigenvalue weighted by Crippen LogP contribution is 2.43. The van der Waals surface area contributed by atoms with E-state index in [4.69, 9.17) is 0 Å². The van der Waals surface area contributed by atoms with Crippen molar-refractivity contribution in [2.24, 2.45) is 0 Å². The van der Waals surface area contributed by atoms with Gasteiger partial charge in [0.15, 0.2) is 0 Å². The van der Waals surface area contributed by atoms with Crippen LogP contribution in [0.5, 0.6) is 0 Å². The maximum atomic E-state index is 3.46. The number of hydrogen-bond donors (Lipinski definition) is 2. The molecule has 0 amide bonds. The second-order valence-corrected chi connectivity index (χ2v) is 10.9. The lowest BCUT2D eigenvalue weighted by atomic mass is 10.4. The van der Waals surface area contributed by atoms with Crippen LogP contribution in [0.1, 0.15) is 27.7 Å². The van der Waals surface area contributed by atoms with Crippen molar-refractivity contribution < 1.29 is 0 Å². The molecule has 4 atom stereocenters. The monoisotopic (exact) mass is 296 g/mol. The zero-order valence-electron chi connectivity index (χ0n) is 10.1. The molecule has 0 saturated carbocycles. The summed E-state index contributed by atoms with van der Waals surface area (Å²) in [6.45, 7) is 9.25. The topological polar surface area (TPSA) is 24.1 Å². The van der Waals surface area contributed by atoms with Crippen molar-refractivity contribution in [1.82, 2.24) is 10.9 Å². The average Bonchev–Trinajstić information content (AvgIpc) is 2.70. The molecule has 2 aliphatic heterocycles. The SMILES string of the molecule is CC1SC(NNC2SC(C)C(C)S2)SC1C. The molecule has 0 aliphatic carbocycles. The Morgan fingerprint density at radius 3 is 1.06 bits per heavy atom. The number of nitrogens with one attached hydrogen (secondary N) is 2. The second-order valence-electron chi connectivity index (χ2n) is 4.32. The minimum atomic E-state index is 0.511. The first-order valence-corrected chi connectivity index (χ1v) is 9.46. The van der Waals surface area contributed by atoms with Gasteiger partial charge in [0, 0.05) is 21.0 Å². The fraction of sp³-hybridized carbons (Fsp3) is 1.00. The van der Waals surface area contributed by atoms with E-state index in [9.17, 15) is 0 Å². The van der Waals surface area contributed by atoms with E-state index in [-0.39, 0.29) is 0 Å². The van der Waals surface area contributed by atoms with Crippen molar-refractivity contribution in [3.05, 3.63) is 0 Å². The summed E-state index contributed by atoms with van der Waals surface area (Å²) < 4.78 is 1.02. The predicted octanol–water partition coefficient (Wildman–Crippen LogP) is 3.16. The van der Waals surface area contributed by atoms with Gasteiger partial charge in [-0.3, -0.25) is 0 Å². The third kappa shape index (κ3) is 3.42. The van der Waals surface area contributed by atoms with E-state index in [1.165, 1.54) is 0 Å². The summed E-state index contributed by atoms with van der Waals surface area (Å²) >= 11 is 8.12. The summed E-state index contributed by atoms with van der Waals surface area (Å²) in [4.78, 5) is 0. The van der Waals surface area contributed by atoms with Crippen LogP contribution in [-0.2, 0) is 0 Å². The Balaban J connectivity index is 1.69. The van der Waals surface area contributed by atoms with Crippen molar-refractivity contribution in [2.45, 2.75) is 58.1 Å². The molecular formula is C10H20N2S4. The van der Waals surface area contributed by atoms with Gasteiger partial charge in [-0.25, -0.2) is 10.9 Å². The molecule has 2 N–H and O–H groups in total. The van der Waals surface area contributed by atoms with Crippen LogP contribution in [0, 0.1) is 0 Å². The Bertz CT molecular complexity index is 197. The van der Waals surface area contributed by atoms with E-state index in [1.807, 2.05) is 47.0 Å². The Morgan fingerprint density at radius 2 is 0.812 bits per heavy atom. The lowest BCUT2D eigenvalue weighted by molar-refractivity contribution is 0.620. The molecule has 0 aromatic rings. The van der Waals surface area contributed by atoms with Crippen molar-refractivity contribution >= 4 is 47.0 Å². The number of thioether (sulfide) groups is 4. The maximum Gasteiger partial charge on any atom is 0.113 e. The summed E-state index contributed by atoms with van der Waals surface area (Å²) in [5.74, 6) is 0. The van der Waals surface area contributed by atoms with Gasteiger partial charge in [-0.1, -0.05) is 27.7 Å². The first-order valence-electron chi connectivity index (χ1n) is 5.69. The molecule has 2 aliphatic rings. The van der Waals surface area contributed by atoms with E-state index < -0.39 is 0 Å². The fourth-order valence-electron chi connectivity index (χ4n) is 1.56. The molecule has 2 saturated heterocycles. The third-order valence-corrected chi connectivity index (χ3v) is 9.48. The number of hydrogen-bond acceptors (Lipinski definition) is 6. The molecule has 4 unspecified atom stereocenters. The molecule has 0 aromatic carbocycles. The lowest BCUT2D eigenvalue weighted by Gasteiger charge is -2.16. The highest BCUT2D eigenvalue weighted by Gasteiger charge is 2.32. The Morgan fingerprint density at radius 1 is 0.562 bits per heavy atom.